The van der Waals surface area contributed by atoms with E-state index in [1.54, 1.807) is 23.5 Å². The third-order valence-electron chi connectivity index (χ3n) is 7.79. The molecule has 1 aliphatic heterocycles. The number of aliphatic hydroxyl groups is 1. The number of hydrogen-bond donors (Lipinski definition) is 2. The number of thiazole rings is 1. The van der Waals surface area contributed by atoms with Gasteiger partial charge in [0, 0.05) is 36.3 Å². The standard InChI is InChI=1S/C36H40N2O8S/c1-4-45-36-28(15-17-43-19-20-44-18-16-39)29(24-6-8-26(9-7-24)35(41)42-3)22-31(46-36)33(40)37-27-12-10-25(11-13-27)34-38-30-14-5-23(2)21-32(30)47-34/h5-14,21-22,28-29,36,39H,4,15-20H2,1-3H3,(H,37,40). The van der Waals surface area contributed by atoms with Crippen molar-refractivity contribution >= 4 is 39.1 Å². The lowest BCUT2D eigenvalue weighted by Gasteiger charge is -2.37. The molecule has 248 valence electrons. The number of aryl methyl sites for hydroxylation is 1. The number of allylic oxidation sites excluding steroid dienone is 1. The Morgan fingerprint density at radius 2 is 1.72 bits per heavy atom. The molecule has 0 bridgehead atoms. The Labute approximate surface area is 278 Å². The second-order valence-corrected chi connectivity index (χ2v) is 12.1. The van der Waals surface area contributed by atoms with Gasteiger partial charge in [-0.25, -0.2) is 9.78 Å². The van der Waals surface area contributed by atoms with E-state index in [2.05, 4.69) is 24.4 Å². The van der Waals surface area contributed by atoms with Crippen molar-refractivity contribution in [2.75, 3.05) is 52.1 Å². The van der Waals surface area contributed by atoms with E-state index < -0.39 is 18.2 Å². The summed E-state index contributed by atoms with van der Waals surface area (Å²) in [4.78, 5) is 30.4. The molecule has 10 nitrogen and oxygen atoms in total. The molecule has 0 fully saturated rings. The third kappa shape index (κ3) is 8.82. The first kappa shape index (κ1) is 34.2. The fourth-order valence-electron chi connectivity index (χ4n) is 5.43. The topological polar surface area (TPSA) is 125 Å². The molecule has 0 saturated carbocycles. The molecule has 0 aliphatic carbocycles. The van der Waals surface area contributed by atoms with E-state index in [1.807, 2.05) is 55.5 Å². The number of anilines is 1. The molecule has 3 aromatic carbocycles. The van der Waals surface area contributed by atoms with Gasteiger partial charge in [-0.1, -0.05) is 18.2 Å². The predicted molar refractivity (Wildman–Crippen MR) is 180 cm³/mol. The van der Waals surface area contributed by atoms with E-state index in [4.69, 9.17) is 33.8 Å². The van der Waals surface area contributed by atoms with E-state index in [-0.39, 0.29) is 30.8 Å². The number of fused-ring (bicyclic) bond motifs is 1. The lowest BCUT2D eigenvalue weighted by molar-refractivity contribution is -0.166. The zero-order valence-electron chi connectivity index (χ0n) is 26.8. The quantitative estimate of drug-likeness (QED) is 0.115. The van der Waals surface area contributed by atoms with Gasteiger partial charge in [-0.2, -0.15) is 0 Å². The van der Waals surface area contributed by atoms with E-state index in [0.717, 1.165) is 26.4 Å². The molecule has 4 aromatic rings. The average Bonchev–Trinajstić information content (AvgIpc) is 3.51. The predicted octanol–water partition coefficient (Wildman–Crippen LogP) is 6.09. The molecule has 3 atom stereocenters. The van der Waals surface area contributed by atoms with Crippen LogP contribution in [0.2, 0.25) is 0 Å². The summed E-state index contributed by atoms with van der Waals surface area (Å²) < 4.78 is 29.3. The maximum atomic E-state index is 13.6. The first-order valence-electron chi connectivity index (χ1n) is 15.6. The van der Waals surface area contributed by atoms with Crippen LogP contribution < -0.4 is 5.32 Å². The summed E-state index contributed by atoms with van der Waals surface area (Å²) >= 11 is 1.63. The monoisotopic (exact) mass is 660 g/mol. The number of hydrogen-bond acceptors (Lipinski definition) is 10. The van der Waals surface area contributed by atoms with Gasteiger partial charge < -0.3 is 34.1 Å². The fraction of sp³-hybridized carbons (Fsp3) is 0.361. The first-order chi connectivity index (χ1) is 22.9. The van der Waals surface area contributed by atoms with Crippen molar-refractivity contribution in [3.63, 3.8) is 0 Å². The summed E-state index contributed by atoms with van der Waals surface area (Å²) in [6.07, 6.45) is 1.67. The number of carbonyl (C=O) groups excluding carboxylic acids is 2. The van der Waals surface area contributed by atoms with Crippen LogP contribution in [0.25, 0.3) is 20.8 Å². The van der Waals surface area contributed by atoms with Gasteiger partial charge in [-0.3, -0.25) is 4.79 Å². The molecule has 3 unspecified atom stereocenters. The van der Waals surface area contributed by atoms with Crippen LogP contribution in [-0.4, -0.2) is 75.0 Å². The van der Waals surface area contributed by atoms with Gasteiger partial charge in [0.15, 0.2) is 5.76 Å². The highest BCUT2D eigenvalue weighted by Crippen LogP contribution is 2.39. The number of rotatable bonds is 15. The second-order valence-electron chi connectivity index (χ2n) is 11.0. The molecule has 2 heterocycles. The lowest BCUT2D eigenvalue weighted by atomic mass is 9.81. The Morgan fingerprint density at radius 3 is 2.43 bits per heavy atom. The normalized spacial score (nSPS) is 17.6. The highest BCUT2D eigenvalue weighted by atomic mass is 32.1. The van der Waals surface area contributed by atoms with Crippen molar-refractivity contribution in [1.29, 1.82) is 0 Å². The van der Waals surface area contributed by atoms with Crippen LogP contribution in [0, 0.1) is 12.8 Å². The number of ether oxygens (including phenoxy) is 5. The number of amides is 1. The average molecular weight is 661 g/mol. The van der Waals surface area contributed by atoms with Gasteiger partial charge >= 0.3 is 5.97 Å². The SMILES string of the molecule is CCOC1OC(C(=O)Nc2ccc(-c3nc4ccc(C)cc4s3)cc2)=CC(c2ccc(C(=O)OC)cc2)C1CCOCCOCCO. The zero-order chi connectivity index (χ0) is 33.2. The summed E-state index contributed by atoms with van der Waals surface area (Å²) in [6.45, 7) is 5.71. The number of methoxy groups -OCH3 is 1. The largest absolute Gasteiger partial charge is 0.465 e. The zero-order valence-corrected chi connectivity index (χ0v) is 27.6. The molecule has 0 saturated heterocycles. The Bertz CT molecular complexity index is 1670. The molecule has 1 aromatic heterocycles. The number of aromatic nitrogens is 1. The molecule has 47 heavy (non-hydrogen) atoms. The van der Waals surface area contributed by atoms with E-state index >= 15 is 0 Å². The molecule has 1 amide bonds. The van der Waals surface area contributed by atoms with Crippen molar-refractivity contribution in [2.24, 2.45) is 5.92 Å². The van der Waals surface area contributed by atoms with Gasteiger partial charge in [0.1, 0.15) is 5.01 Å². The minimum atomic E-state index is -0.713. The van der Waals surface area contributed by atoms with Crippen LogP contribution in [0.4, 0.5) is 5.69 Å². The highest BCUT2D eigenvalue weighted by Gasteiger charge is 2.38. The smallest absolute Gasteiger partial charge is 0.337 e. The molecular formula is C36H40N2O8S. The van der Waals surface area contributed by atoms with Crippen LogP contribution in [0.15, 0.2) is 78.6 Å². The van der Waals surface area contributed by atoms with E-state index in [0.29, 0.717) is 44.1 Å². The highest BCUT2D eigenvalue weighted by molar-refractivity contribution is 7.21. The van der Waals surface area contributed by atoms with Gasteiger partial charge in [-0.15, -0.1) is 11.3 Å². The number of aliphatic hydroxyl groups excluding tert-OH is 1. The summed E-state index contributed by atoms with van der Waals surface area (Å²) in [5.41, 5.74) is 5.06. The summed E-state index contributed by atoms with van der Waals surface area (Å²) in [6, 6.07) is 20.9. The maximum Gasteiger partial charge on any atom is 0.337 e. The Morgan fingerprint density at radius 1 is 0.979 bits per heavy atom. The first-order valence-corrected chi connectivity index (χ1v) is 16.5. The molecule has 0 spiro atoms. The fourth-order valence-corrected chi connectivity index (χ4v) is 6.50. The Kier molecular flexibility index (Phi) is 12.1. The number of esters is 1. The van der Waals surface area contributed by atoms with Crippen molar-refractivity contribution in [3.8, 4) is 10.6 Å². The summed E-state index contributed by atoms with van der Waals surface area (Å²) in [5.74, 6) is -1.14. The third-order valence-corrected chi connectivity index (χ3v) is 8.86. The lowest BCUT2D eigenvalue weighted by Crippen LogP contribution is -2.38. The number of carbonyl (C=O) groups is 2. The van der Waals surface area contributed by atoms with E-state index in [1.165, 1.54) is 12.7 Å². The number of nitrogens with zero attached hydrogens (tertiary/aromatic N) is 1. The molecule has 0 radical (unpaired) electrons. The molecule has 11 heteroatoms. The number of benzene rings is 3. The van der Waals surface area contributed by atoms with Crippen LogP contribution in [-0.2, 0) is 28.5 Å². The van der Waals surface area contributed by atoms with Gasteiger partial charge in [0.05, 0.1) is 49.3 Å². The van der Waals surface area contributed by atoms with Crippen LogP contribution >= 0.6 is 11.3 Å². The molecule has 2 N–H and O–H groups in total. The van der Waals surface area contributed by atoms with Crippen LogP contribution in [0.3, 0.4) is 0 Å². The number of nitrogens with one attached hydrogen (secondary N) is 1. The van der Waals surface area contributed by atoms with Crippen molar-refractivity contribution in [3.05, 3.63) is 95.3 Å². The van der Waals surface area contributed by atoms with Gasteiger partial charge in [0.25, 0.3) is 5.91 Å². The minimum Gasteiger partial charge on any atom is -0.465 e. The van der Waals surface area contributed by atoms with Crippen molar-refractivity contribution in [2.45, 2.75) is 32.5 Å². The van der Waals surface area contributed by atoms with Crippen molar-refractivity contribution < 1.29 is 38.4 Å². The minimum absolute atomic E-state index is 0.0383. The summed E-state index contributed by atoms with van der Waals surface area (Å²) in [7, 11) is 1.34. The molecular weight excluding hydrogens is 620 g/mol. The molecule has 5 rings (SSSR count). The van der Waals surface area contributed by atoms with Gasteiger partial charge in [-0.05, 0) is 86.0 Å². The maximum absolute atomic E-state index is 13.6. The van der Waals surface area contributed by atoms with Crippen molar-refractivity contribution in [1.82, 2.24) is 4.98 Å². The Balaban J connectivity index is 1.34. The van der Waals surface area contributed by atoms with Crippen LogP contribution in [0.5, 0.6) is 0 Å². The van der Waals surface area contributed by atoms with E-state index in [9.17, 15) is 9.59 Å². The second kappa shape index (κ2) is 16.6. The Hall–Kier alpha value is -4.13. The molecule has 1 aliphatic rings. The van der Waals surface area contributed by atoms with Gasteiger partial charge in [0.2, 0.25) is 6.29 Å². The summed E-state index contributed by atoms with van der Waals surface area (Å²) in [5, 5.41) is 12.8. The van der Waals surface area contributed by atoms with Crippen LogP contribution in [0.1, 0.15) is 40.7 Å².